The fourth-order valence-corrected chi connectivity index (χ4v) is 2.10. The van der Waals surface area contributed by atoms with Gasteiger partial charge in [-0.2, -0.15) is 0 Å². The van der Waals surface area contributed by atoms with Crippen LogP contribution in [0.5, 0.6) is 17.2 Å². The van der Waals surface area contributed by atoms with Crippen molar-refractivity contribution in [2.75, 3.05) is 26.8 Å². The van der Waals surface area contributed by atoms with Gasteiger partial charge in [0.05, 0.1) is 13.7 Å². The van der Waals surface area contributed by atoms with Crippen LogP contribution < -0.4 is 9.47 Å². The molecule has 0 saturated carbocycles. The Balaban J connectivity index is 2.87. The molecule has 0 bridgehead atoms. The maximum atomic E-state index is 12.1. The molecule has 0 aliphatic carbocycles. The highest BCUT2D eigenvalue weighted by Gasteiger charge is 2.10. The molecule has 0 atom stereocenters. The van der Waals surface area contributed by atoms with Crippen LogP contribution in [0.15, 0.2) is 55.7 Å². The number of aromatic hydroxyl groups is 1. The molecule has 1 N–H and O–H groups in total. The van der Waals surface area contributed by atoms with Crippen LogP contribution in [0.3, 0.4) is 0 Å². The number of phenolic OH excluding ortho intramolecular Hbond substituents is 1. The first-order valence-electron chi connectivity index (χ1n) is 7.96. The van der Waals surface area contributed by atoms with Gasteiger partial charge >= 0.3 is 0 Å². The third kappa shape index (κ3) is 6.22. The molecule has 0 aliphatic rings. The number of carbonyl (C=O) groups excluding carboxylic acids is 1. The zero-order chi connectivity index (χ0) is 18.7. The molecular weight excluding hydrogens is 318 g/mol. The number of hydrogen-bond donors (Lipinski definition) is 1. The lowest BCUT2D eigenvalue weighted by Crippen LogP contribution is -2.29. The van der Waals surface area contributed by atoms with Crippen LogP contribution in [0, 0.1) is 0 Å². The molecule has 0 saturated heterocycles. The SMILES string of the molecule is C=CCN(CC=C)C(=O)/C=C/C=C/c1cc(OC)c(O)c(OCC)c1. The third-order valence-corrected chi connectivity index (χ3v) is 3.23. The first-order chi connectivity index (χ1) is 12.1. The topological polar surface area (TPSA) is 59.0 Å². The van der Waals surface area contributed by atoms with E-state index in [1.54, 1.807) is 47.4 Å². The quantitative estimate of drug-likeness (QED) is 0.401. The van der Waals surface area contributed by atoms with Crippen molar-refractivity contribution in [1.82, 2.24) is 4.90 Å². The van der Waals surface area contributed by atoms with Gasteiger partial charge in [0.2, 0.25) is 11.7 Å². The van der Waals surface area contributed by atoms with E-state index in [0.29, 0.717) is 31.2 Å². The minimum absolute atomic E-state index is 0.0308. The van der Waals surface area contributed by atoms with Gasteiger partial charge in [-0.1, -0.05) is 30.4 Å². The van der Waals surface area contributed by atoms with Crippen molar-refractivity contribution in [3.05, 3.63) is 61.2 Å². The number of benzene rings is 1. The Labute approximate surface area is 149 Å². The summed E-state index contributed by atoms with van der Waals surface area (Å²) in [6.07, 6.45) is 10.00. The normalized spacial score (nSPS) is 10.8. The van der Waals surface area contributed by atoms with Gasteiger partial charge in [-0.15, -0.1) is 13.2 Å². The van der Waals surface area contributed by atoms with Crippen LogP contribution in [0.1, 0.15) is 12.5 Å². The molecule has 0 fully saturated rings. The molecule has 0 unspecified atom stereocenters. The maximum Gasteiger partial charge on any atom is 0.247 e. The van der Waals surface area contributed by atoms with E-state index in [-0.39, 0.29) is 11.7 Å². The first-order valence-corrected chi connectivity index (χ1v) is 7.96. The number of amides is 1. The smallest absolute Gasteiger partial charge is 0.247 e. The van der Waals surface area contributed by atoms with Crippen LogP contribution in [0.25, 0.3) is 6.08 Å². The van der Waals surface area contributed by atoms with Gasteiger partial charge in [0, 0.05) is 19.2 Å². The van der Waals surface area contributed by atoms with E-state index in [9.17, 15) is 9.90 Å². The van der Waals surface area contributed by atoms with Crippen molar-refractivity contribution in [3.8, 4) is 17.2 Å². The second-order valence-electron chi connectivity index (χ2n) is 5.04. The van der Waals surface area contributed by atoms with E-state index >= 15 is 0 Å². The Hall–Kier alpha value is -2.95. The van der Waals surface area contributed by atoms with E-state index in [1.165, 1.54) is 13.2 Å². The van der Waals surface area contributed by atoms with Crippen molar-refractivity contribution in [3.63, 3.8) is 0 Å². The number of ether oxygens (including phenoxy) is 2. The number of rotatable bonds is 10. The average molecular weight is 343 g/mol. The zero-order valence-electron chi connectivity index (χ0n) is 14.8. The van der Waals surface area contributed by atoms with Crippen LogP contribution in [-0.4, -0.2) is 42.7 Å². The molecule has 1 aromatic rings. The molecule has 0 aromatic heterocycles. The molecule has 0 radical (unpaired) electrons. The van der Waals surface area contributed by atoms with Crippen LogP contribution in [0.4, 0.5) is 0 Å². The molecule has 0 spiro atoms. The third-order valence-electron chi connectivity index (χ3n) is 3.23. The molecule has 5 nitrogen and oxygen atoms in total. The summed E-state index contributed by atoms with van der Waals surface area (Å²) in [5, 5.41) is 10.00. The molecule has 5 heteroatoms. The zero-order valence-corrected chi connectivity index (χ0v) is 14.8. The number of phenols is 1. The standard InChI is InChI=1S/C20H25NO4/c1-5-12-21(13-6-2)19(22)11-9-8-10-16-14-17(24-4)20(23)18(15-16)25-7-3/h5-6,8-11,14-15,23H,1-2,7,12-13H2,3-4H3/b10-8+,11-9+. The Morgan fingerprint density at radius 3 is 2.40 bits per heavy atom. The molecule has 1 aromatic carbocycles. The van der Waals surface area contributed by atoms with Gasteiger partial charge in [0.15, 0.2) is 11.5 Å². The fraction of sp³-hybridized carbons (Fsp3) is 0.250. The van der Waals surface area contributed by atoms with Gasteiger partial charge in [0.1, 0.15) is 0 Å². The largest absolute Gasteiger partial charge is 0.502 e. The summed E-state index contributed by atoms with van der Waals surface area (Å²) >= 11 is 0. The maximum absolute atomic E-state index is 12.1. The number of allylic oxidation sites excluding steroid dienone is 2. The number of carbonyl (C=O) groups is 1. The molecule has 1 rings (SSSR count). The molecule has 134 valence electrons. The highest BCUT2D eigenvalue weighted by atomic mass is 16.5. The number of nitrogens with zero attached hydrogens (tertiary/aromatic N) is 1. The van der Waals surface area contributed by atoms with Gasteiger partial charge in [0.25, 0.3) is 0 Å². The van der Waals surface area contributed by atoms with E-state index in [0.717, 1.165) is 5.56 Å². The lowest BCUT2D eigenvalue weighted by atomic mass is 10.1. The molecule has 0 heterocycles. The molecule has 0 aliphatic heterocycles. The second-order valence-corrected chi connectivity index (χ2v) is 5.04. The van der Waals surface area contributed by atoms with Gasteiger partial charge < -0.3 is 19.5 Å². The van der Waals surface area contributed by atoms with Gasteiger partial charge in [-0.05, 0) is 24.6 Å². The van der Waals surface area contributed by atoms with Crippen LogP contribution in [0.2, 0.25) is 0 Å². The average Bonchev–Trinajstić information content (AvgIpc) is 2.60. The van der Waals surface area contributed by atoms with Gasteiger partial charge in [-0.25, -0.2) is 0 Å². The second kappa shape index (κ2) is 10.8. The highest BCUT2D eigenvalue weighted by molar-refractivity contribution is 5.88. The summed E-state index contributed by atoms with van der Waals surface area (Å²) in [5.74, 6) is 0.526. The van der Waals surface area contributed by atoms with Gasteiger partial charge in [-0.3, -0.25) is 4.79 Å². The highest BCUT2D eigenvalue weighted by Crippen LogP contribution is 2.37. The lowest BCUT2D eigenvalue weighted by molar-refractivity contribution is -0.125. The van der Waals surface area contributed by atoms with Crippen LogP contribution >= 0.6 is 0 Å². The Morgan fingerprint density at radius 1 is 1.20 bits per heavy atom. The summed E-state index contributed by atoms with van der Waals surface area (Å²) in [7, 11) is 1.48. The van der Waals surface area contributed by atoms with E-state index in [2.05, 4.69) is 13.2 Å². The first kappa shape index (κ1) is 20.1. The summed E-state index contributed by atoms with van der Waals surface area (Å²) < 4.78 is 10.5. The number of methoxy groups -OCH3 is 1. The van der Waals surface area contributed by atoms with E-state index < -0.39 is 0 Å². The van der Waals surface area contributed by atoms with Crippen molar-refractivity contribution < 1.29 is 19.4 Å². The number of hydrogen-bond acceptors (Lipinski definition) is 4. The van der Waals surface area contributed by atoms with E-state index in [4.69, 9.17) is 9.47 Å². The summed E-state index contributed by atoms with van der Waals surface area (Å²) in [6, 6.07) is 3.39. The van der Waals surface area contributed by atoms with Crippen LogP contribution in [-0.2, 0) is 4.79 Å². The predicted molar refractivity (Wildman–Crippen MR) is 101 cm³/mol. The lowest BCUT2D eigenvalue weighted by Gasteiger charge is -2.16. The van der Waals surface area contributed by atoms with Crippen molar-refractivity contribution in [2.24, 2.45) is 0 Å². The fourth-order valence-electron chi connectivity index (χ4n) is 2.10. The Bertz CT molecular complexity index is 652. The van der Waals surface area contributed by atoms with E-state index in [1.807, 2.05) is 6.92 Å². The molecular formula is C20H25NO4. The Kier molecular flexibility index (Phi) is 8.65. The summed E-state index contributed by atoms with van der Waals surface area (Å²) in [4.78, 5) is 13.7. The van der Waals surface area contributed by atoms with Crippen molar-refractivity contribution in [2.45, 2.75) is 6.92 Å². The Morgan fingerprint density at radius 2 is 1.84 bits per heavy atom. The minimum atomic E-state index is -0.122. The summed E-state index contributed by atoms with van der Waals surface area (Å²) in [5.41, 5.74) is 0.782. The molecule has 25 heavy (non-hydrogen) atoms. The monoisotopic (exact) mass is 343 g/mol. The minimum Gasteiger partial charge on any atom is -0.502 e. The van der Waals surface area contributed by atoms with Crippen molar-refractivity contribution in [1.29, 1.82) is 0 Å². The molecule has 1 amide bonds. The van der Waals surface area contributed by atoms with Crippen molar-refractivity contribution >= 4 is 12.0 Å². The summed E-state index contributed by atoms with van der Waals surface area (Å²) in [6.45, 7) is 10.5. The predicted octanol–water partition coefficient (Wildman–Crippen LogP) is 3.57.